The van der Waals surface area contributed by atoms with Gasteiger partial charge in [-0.05, 0) is 67.4 Å². The van der Waals surface area contributed by atoms with Crippen LogP contribution in [0.15, 0.2) is 74.6 Å². The Morgan fingerprint density at radius 2 is 2.14 bits per heavy atom. The number of rotatable bonds is 2. The molecule has 4 heterocycles. The van der Waals surface area contributed by atoms with E-state index in [1.165, 1.54) is 37.0 Å². The van der Waals surface area contributed by atoms with Gasteiger partial charge in [0.05, 0.1) is 12.3 Å². The van der Waals surface area contributed by atoms with E-state index in [4.69, 9.17) is 4.42 Å². The smallest absolute Gasteiger partial charge is 0.104 e. The molecule has 2 aliphatic carbocycles. The van der Waals surface area contributed by atoms with Crippen molar-refractivity contribution in [2.75, 3.05) is 6.54 Å². The molecule has 0 aromatic carbocycles. The Hall–Kier alpha value is -2.00. The molecular formula is C24H27ClN2O. The van der Waals surface area contributed by atoms with Gasteiger partial charge in [0.15, 0.2) is 0 Å². The third-order valence-electron chi connectivity index (χ3n) is 7.25. The number of allylic oxidation sites excluding steroid dienone is 5. The van der Waals surface area contributed by atoms with Crippen LogP contribution in [0.4, 0.5) is 0 Å². The van der Waals surface area contributed by atoms with Crippen molar-refractivity contribution in [1.29, 1.82) is 0 Å². The summed E-state index contributed by atoms with van der Waals surface area (Å²) in [6, 6.07) is 4.68. The van der Waals surface area contributed by atoms with Crippen LogP contribution in [0.1, 0.15) is 37.9 Å². The Labute approximate surface area is 173 Å². The topological polar surface area (TPSA) is 28.7 Å². The zero-order valence-corrected chi connectivity index (χ0v) is 16.9. The van der Waals surface area contributed by atoms with E-state index in [1.54, 1.807) is 11.3 Å². The number of halogens is 1. The molecule has 3 nitrogen and oxygen atoms in total. The summed E-state index contributed by atoms with van der Waals surface area (Å²) >= 11 is 0. The molecule has 28 heavy (non-hydrogen) atoms. The molecule has 1 saturated heterocycles. The van der Waals surface area contributed by atoms with Crippen LogP contribution < -0.4 is 0 Å². The normalized spacial score (nSPS) is 32.6. The lowest BCUT2D eigenvalue weighted by molar-refractivity contribution is 0.313. The summed E-state index contributed by atoms with van der Waals surface area (Å²) < 4.78 is 5.71. The van der Waals surface area contributed by atoms with Gasteiger partial charge in [-0.25, -0.2) is 0 Å². The van der Waals surface area contributed by atoms with E-state index in [-0.39, 0.29) is 12.4 Å². The van der Waals surface area contributed by atoms with Crippen molar-refractivity contribution in [3.05, 3.63) is 71.0 Å². The molecule has 146 valence electrons. The highest BCUT2D eigenvalue weighted by atomic mass is 35.5. The van der Waals surface area contributed by atoms with Crippen molar-refractivity contribution in [2.45, 2.75) is 44.6 Å². The fourth-order valence-corrected chi connectivity index (χ4v) is 6.09. The van der Waals surface area contributed by atoms with Crippen molar-refractivity contribution in [2.24, 2.45) is 22.7 Å². The number of hydrogen-bond acceptors (Lipinski definition) is 3. The van der Waals surface area contributed by atoms with Gasteiger partial charge in [-0.3, -0.25) is 4.99 Å². The van der Waals surface area contributed by atoms with Gasteiger partial charge in [-0.2, -0.15) is 0 Å². The van der Waals surface area contributed by atoms with Gasteiger partial charge in [0.2, 0.25) is 0 Å². The molecule has 0 N–H and O–H groups in total. The summed E-state index contributed by atoms with van der Waals surface area (Å²) in [6.07, 6.45) is 20.5. The minimum absolute atomic E-state index is 0. The maximum absolute atomic E-state index is 5.71. The quantitative estimate of drug-likeness (QED) is 0.665. The summed E-state index contributed by atoms with van der Waals surface area (Å²) in [5, 5.41) is 0. The highest BCUT2D eigenvalue weighted by molar-refractivity contribution is 5.85. The summed E-state index contributed by atoms with van der Waals surface area (Å²) in [5.41, 5.74) is 6.39. The number of nitrogens with zero attached hydrogens (tertiary/aromatic N) is 2. The molecule has 3 aliphatic heterocycles. The van der Waals surface area contributed by atoms with E-state index in [2.05, 4.69) is 40.3 Å². The SMILES string of the molecule is C1=CC2=CCC3=C4[C@H](CCC3Cc3ccco3)[C@H]3CN=CC=C3N4C2CC1.Cl. The van der Waals surface area contributed by atoms with E-state index in [1.807, 2.05) is 18.5 Å². The second-order valence-corrected chi connectivity index (χ2v) is 8.56. The van der Waals surface area contributed by atoms with Crippen molar-refractivity contribution in [1.82, 2.24) is 4.90 Å². The highest BCUT2D eigenvalue weighted by Crippen LogP contribution is 2.55. The molecule has 5 aliphatic rings. The molecule has 0 radical (unpaired) electrons. The Bertz CT molecular complexity index is 905. The third kappa shape index (κ3) is 2.67. The molecule has 6 rings (SSSR count). The third-order valence-corrected chi connectivity index (χ3v) is 7.25. The first-order valence-corrected chi connectivity index (χ1v) is 10.5. The maximum Gasteiger partial charge on any atom is 0.104 e. The van der Waals surface area contributed by atoms with Crippen LogP contribution in [0.25, 0.3) is 0 Å². The molecule has 1 aromatic heterocycles. The molecular weight excluding hydrogens is 368 g/mol. The van der Waals surface area contributed by atoms with E-state index in [0.29, 0.717) is 23.8 Å². The molecule has 1 aromatic rings. The molecule has 0 saturated carbocycles. The second kappa shape index (κ2) is 7.11. The summed E-state index contributed by atoms with van der Waals surface area (Å²) in [5.74, 6) is 2.99. The summed E-state index contributed by atoms with van der Waals surface area (Å²) in [6.45, 7) is 0.967. The van der Waals surface area contributed by atoms with Crippen LogP contribution >= 0.6 is 12.4 Å². The molecule has 2 unspecified atom stereocenters. The number of hydrogen-bond donors (Lipinski definition) is 0. The maximum atomic E-state index is 5.71. The van der Waals surface area contributed by atoms with E-state index in [9.17, 15) is 0 Å². The Morgan fingerprint density at radius 3 is 3.04 bits per heavy atom. The van der Waals surface area contributed by atoms with Gasteiger partial charge in [0, 0.05) is 42.4 Å². The predicted octanol–water partition coefficient (Wildman–Crippen LogP) is 5.47. The molecule has 0 spiro atoms. The second-order valence-electron chi connectivity index (χ2n) is 8.56. The standard InChI is InChI=1S/C24H26N2O.ClH/c1-2-6-22-16(4-1)7-9-19-17(14-18-5-3-13-27-18)8-10-20-21-15-25-12-11-23(21)26(22)24(19)20;/h1,3-5,7,11-13,17,20-22H,2,6,8-10,14-15H2;1H/t17?,20-,21-,22?;/m1./s1. The summed E-state index contributed by atoms with van der Waals surface area (Å²) in [4.78, 5) is 7.39. The average Bonchev–Trinajstić information content (AvgIpc) is 3.29. The highest BCUT2D eigenvalue weighted by Gasteiger charge is 2.49. The van der Waals surface area contributed by atoms with Crippen molar-refractivity contribution in [3.63, 3.8) is 0 Å². The van der Waals surface area contributed by atoms with E-state index >= 15 is 0 Å². The molecule has 0 bridgehead atoms. The predicted molar refractivity (Wildman–Crippen MR) is 115 cm³/mol. The molecule has 0 amide bonds. The van der Waals surface area contributed by atoms with Gasteiger partial charge < -0.3 is 9.32 Å². The first kappa shape index (κ1) is 18.1. The van der Waals surface area contributed by atoms with Crippen molar-refractivity contribution >= 4 is 18.6 Å². The zero-order chi connectivity index (χ0) is 17.8. The van der Waals surface area contributed by atoms with Crippen LogP contribution in [0.3, 0.4) is 0 Å². The van der Waals surface area contributed by atoms with Gasteiger partial charge in [-0.15, -0.1) is 12.4 Å². The fourth-order valence-electron chi connectivity index (χ4n) is 6.09. The van der Waals surface area contributed by atoms with Gasteiger partial charge in [-0.1, -0.05) is 18.2 Å². The monoisotopic (exact) mass is 394 g/mol. The van der Waals surface area contributed by atoms with Gasteiger partial charge in [0.1, 0.15) is 5.76 Å². The lowest BCUT2D eigenvalue weighted by atomic mass is 9.74. The average molecular weight is 395 g/mol. The van der Waals surface area contributed by atoms with Crippen LogP contribution in [0.2, 0.25) is 0 Å². The minimum atomic E-state index is 0. The van der Waals surface area contributed by atoms with Crippen LogP contribution in [-0.2, 0) is 6.42 Å². The number of aliphatic imine (C=N–C) groups is 1. The minimum Gasteiger partial charge on any atom is -0.469 e. The van der Waals surface area contributed by atoms with E-state index in [0.717, 1.165) is 25.1 Å². The van der Waals surface area contributed by atoms with Crippen molar-refractivity contribution < 1.29 is 4.42 Å². The lowest BCUT2D eigenvalue weighted by Crippen LogP contribution is -2.35. The lowest BCUT2D eigenvalue weighted by Gasteiger charge is -2.37. The first-order chi connectivity index (χ1) is 13.4. The Balaban J connectivity index is 0.00000171. The van der Waals surface area contributed by atoms with Crippen LogP contribution in [0.5, 0.6) is 0 Å². The Morgan fingerprint density at radius 1 is 1.18 bits per heavy atom. The van der Waals surface area contributed by atoms with Crippen LogP contribution in [0, 0.1) is 17.8 Å². The summed E-state index contributed by atoms with van der Waals surface area (Å²) in [7, 11) is 0. The first-order valence-electron chi connectivity index (χ1n) is 10.5. The molecule has 4 heteroatoms. The van der Waals surface area contributed by atoms with Gasteiger partial charge >= 0.3 is 0 Å². The van der Waals surface area contributed by atoms with E-state index < -0.39 is 0 Å². The zero-order valence-electron chi connectivity index (χ0n) is 16.1. The van der Waals surface area contributed by atoms with Gasteiger partial charge in [0.25, 0.3) is 0 Å². The molecule has 4 atom stereocenters. The largest absolute Gasteiger partial charge is 0.469 e. The van der Waals surface area contributed by atoms with Crippen molar-refractivity contribution in [3.8, 4) is 0 Å². The number of furan rings is 1. The number of fused-ring (bicyclic) bond motifs is 5. The number of dihydropyridines is 1. The Kier molecular flexibility index (Phi) is 4.59. The fraction of sp³-hybridized carbons (Fsp3) is 0.458. The van der Waals surface area contributed by atoms with Crippen LogP contribution in [-0.4, -0.2) is 23.7 Å². The molecule has 1 fully saturated rings.